The van der Waals surface area contributed by atoms with Crippen LogP contribution in [0.3, 0.4) is 0 Å². The number of carbonyl (C=O) groups is 2. The zero-order valence-corrected chi connectivity index (χ0v) is 8.12. The third-order valence-corrected chi connectivity index (χ3v) is 2.12. The summed E-state index contributed by atoms with van der Waals surface area (Å²) in [5.41, 5.74) is 0.0785. The van der Waals surface area contributed by atoms with E-state index in [1.54, 1.807) is 0 Å². The summed E-state index contributed by atoms with van der Waals surface area (Å²) in [6, 6.07) is 3.97. The lowest BCUT2D eigenvalue weighted by atomic mass is 9.98. The molecular formula is C10H10O6. The SMILES string of the molecule is O=C(O)C(Cc1cccc(O)c1O)C(=O)O. The topological polar surface area (TPSA) is 115 Å². The van der Waals surface area contributed by atoms with Crippen molar-refractivity contribution < 1.29 is 30.0 Å². The first-order chi connectivity index (χ1) is 7.43. The van der Waals surface area contributed by atoms with Crippen molar-refractivity contribution >= 4 is 11.9 Å². The van der Waals surface area contributed by atoms with Crippen molar-refractivity contribution in [3.8, 4) is 11.5 Å². The van der Waals surface area contributed by atoms with Crippen LogP contribution in [0.4, 0.5) is 0 Å². The highest BCUT2D eigenvalue weighted by Crippen LogP contribution is 2.29. The Morgan fingerprint density at radius 1 is 1.12 bits per heavy atom. The minimum absolute atomic E-state index is 0.0785. The molecule has 0 atom stereocenters. The lowest BCUT2D eigenvalue weighted by Gasteiger charge is -2.09. The summed E-state index contributed by atoms with van der Waals surface area (Å²) in [5.74, 6) is -5.53. The van der Waals surface area contributed by atoms with Crippen LogP contribution in [-0.2, 0) is 16.0 Å². The first-order valence-corrected chi connectivity index (χ1v) is 4.39. The number of carboxylic acids is 2. The zero-order valence-electron chi connectivity index (χ0n) is 8.12. The Labute approximate surface area is 90.4 Å². The van der Waals surface area contributed by atoms with Crippen LogP contribution in [0.5, 0.6) is 11.5 Å². The van der Waals surface area contributed by atoms with Gasteiger partial charge in [0.15, 0.2) is 17.4 Å². The molecule has 0 aliphatic rings. The minimum Gasteiger partial charge on any atom is -0.504 e. The Morgan fingerprint density at radius 3 is 2.19 bits per heavy atom. The van der Waals surface area contributed by atoms with E-state index in [9.17, 15) is 14.7 Å². The van der Waals surface area contributed by atoms with E-state index in [-0.39, 0.29) is 12.0 Å². The van der Waals surface area contributed by atoms with Gasteiger partial charge in [-0.25, -0.2) is 0 Å². The van der Waals surface area contributed by atoms with Gasteiger partial charge in [-0.1, -0.05) is 12.1 Å². The fraction of sp³-hybridized carbons (Fsp3) is 0.200. The van der Waals surface area contributed by atoms with Gasteiger partial charge in [-0.3, -0.25) is 9.59 Å². The Balaban J connectivity index is 2.98. The summed E-state index contributed by atoms with van der Waals surface area (Å²) in [6.07, 6.45) is -0.384. The standard InChI is InChI=1S/C10H10O6/c11-7-3-1-2-5(8(7)12)4-6(9(13)14)10(15)16/h1-3,6,11-12H,4H2,(H,13,14)(H,15,16). The van der Waals surface area contributed by atoms with Gasteiger partial charge in [0.05, 0.1) is 0 Å². The second-order valence-corrected chi connectivity index (χ2v) is 3.22. The van der Waals surface area contributed by atoms with Crippen LogP contribution in [0.25, 0.3) is 0 Å². The first kappa shape index (κ1) is 11.8. The van der Waals surface area contributed by atoms with Crippen molar-refractivity contribution in [1.29, 1.82) is 0 Å². The quantitative estimate of drug-likeness (QED) is 0.437. The number of phenolic OH excluding ortho intramolecular Hbond substituents is 2. The molecule has 1 rings (SSSR count). The van der Waals surface area contributed by atoms with Gasteiger partial charge in [-0.2, -0.15) is 0 Å². The molecule has 16 heavy (non-hydrogen) atoms. The highest BCUT2D eigenvalue weighted by atomic mass is 16.4. The van der Waals surface area contributed by atoms with Crippen LogP contribution in [0.15, 0.2) is 18.2 Å². The summed E-state index contributed by atoms with van der Waals surface area (Å²) in [7, 11) is 0. The van der Waals surface area contributed by atoms with Crippen LogP contribution in [0.1, 0.15) is 5.56 Å². The fourth-order valence-electron chi connectivity index (χ4n) is 1.24. The smallest absolute Gasteiger partial charge is 0.318 e. The molecule has 0 unspecified atom stereocenters. The monoisotopic (exact) mass is 226 g/mol. The van der Waals surface area contributed by atoms with E-state index >= 15 is 0 Å². The largest absolute Gasteiger partial charge is 0.504 e. The maximum Gasteiger partial charge on any atom is 0.318 e. The second kappa shape index (κ2) is 4.52. The molecule has 4 N–H and O–H groups in total. The molecule has 0 radical (unpaired) electrons. The van der Waals surface area contributed by atoms with Crippen molar-refractivity contribution in [2.75, 3.05) is 0 Å². The zero-order chi connectivity index (χ0) is 12.3. The maximum absolute atomic E-state index is 10.6. The van der Waals surface area contributed by atoms with Gasteiger partial charge in [0, 0.05) is 6.42 Å². The van der Waals surface area contributed by atoms with Gasteiger partial charge in [0.1, 0.15) is 0 Å². The molecule has 0 aliphatic carbocycles. The normalized spacial score (nSPS) is 10.3. The molecule has 0 heterocycles. The molecule has 0 amide bonds. The van der Waals surface area contributed by atoms with Crippen molar-refractivity contribution in [2.45, 2.75) is 6.42 Å². The Hall–Kier alpha value is -2.24. The average Bonchev–Trinajstić information content (AvgIpc) is 2.19. The van der Waals surface area contributed by atoms with E-state index in [2.05, 4.69) is 0 Å². The molecule has 0 bridgehead atoms. The molecule has 86 valence electrons. The third-order valence-electron chi connectivity index (χ3n) is 2.12. The number of benzene rings is 1. The molecule has 0 fully saturated rings. The van der Waals surface area contributed by atoms with Gasteiger partial charge >= 0.3 is 11.9 Å². The van der Waals surface area contributed by atoms with Crippen LogP contribution >= 0.6 is 0 Å². The van der Waals surface area contributed by atoms with Crippen molar-refractivity contribution in [3.05, 3.63) is 23.8 Å². The predicted molar refractivity (Wildman–Crippen MR) is 52.2 cm³/mol. The van der Waals surface area contributed by atoms with E-state index < -0.39 is 29.4 Å². The Kier molecular flexibility index (Phi) is 3.34. The van der Waals surface area contributed by atoms with Crippen molar-refractivity contribution in [2.24, 2.45) is 5.92 Å². The molecule has 6 nitrogen and oxygen atoms in total. The maximum atomic E-state index is 10.6. The average molecular weight is 226 g/mol. The number of aliphatic carboxylic acids is 2. The van der Waals surface area contributed by atoms with Crippen LogP contribution in [-0.4, -0.2) is 32.4 Å². The predicted octanol–water partition coefficient (Wildman–Crippen LogP) is 0.426. The number of rotatable bonds is 4. The van der Waals surface area contributed by atoms with Gasteiger partial charge in [-0.05, 0) is 11.6 Å². The lowest BCUT2D eigenvalue weighted by molar-refractivity contribution is -0.154. The first-order valence-electron chi connectivity index (χ1n) is 4.39. The van der Waals surface area contributed by atoms with Gasteiger partial charge in [0.2, 0.25) is 0 Å². The fourth-order valence-corrected chi connectivity index (χ4v) is 1.24. The van der Waals surface area contributed by atoms with E-state index in [1.807, 2.05) is 0 Å². The molecule has 1 aromatic carbocycles. The Morgan fingerprint density at radius 2 is 1.69 bits per heavy atom. The van der Waals surface area contributed by atoms with E-state index in [1.165, 1.54) is 18.2 Å². The summed E-state index contributed by atoms with van der Waals surface area (Å²) in [5, 5.41) is 35.8. The van der Waals surface area contributed by atoms with Gasteiger partial charge < -0.3 is 20.4 Å². The van der Waals surface area contributed by atoms with Crippen LogP contribution in [0.2, 0.25) is 0 Å². The van der Waals surface area contributed by atoms with E-state index in [0.717, 1.165) is 0 Å². The number of phenols is 2. The minimum atomic E-state index is -1.65. The number of aromatic hydroxyl groups is 2. The number of carboxylic acid groups (broad SMARTS) is 2. The summed E-state index contributed by atoms with van der Waals surface area (Å²) >= 11 is 0. The van der Waals surface area contributed by atoms with Gasteiger partial charge in [0.25, 0.3) is 0 Å². The third kappa shape index (κ3) is 2.41. The van der Waals surface area contributed by atoms with E-state index in [0.29, 0.717) is 0 Å². The molecule has 0 spiro atoms. The molecule has 0 aromatic heterocycles. The molecule has 1 aromatic rings. The lowest BCUT2D eigenvalue weighted by Crippen LogP contribution is -2.25. The van der Waals surface area contributed by atoms with Crippen molar-refractivity contribution in [1.82, 2.24) is 0 Å². The highest BCUT2D eigenvalue weighted by molar-refractivity contribution is 5.93. The summed E-state index contributed by atoms with van der Waals surface area (Å²) < 4.78 is 0. The molecule has 0 saturated heterocycles. The molecule has 6 heteroatoms. The Bertz CT molecular complexity index is 411. The molecule has 0 saturated carbocycles. The number of hydrogen-bond acceptors (Lipinski definition) is 4. The van der Waals surface area contributed by atoms with E-state index in [4.69, 9.17) is 15.3 Å². The van der Waals surface area contributed by atoms with Crippen LogP contribution in [0, 0.1) is 5.92 Å². The summed E-state index contributed by atoms with van der Waals surface area (Å²) in [4.78, 5) is 21.2. The number of hydrogen-bond donors (Lipinski definition) is 4. The highest BCUT2D eigenvalue weighted by Gasteiger charge is 2.27. The van der Waals surface area contributed by atoms with Crippen LogP contribution < -0.4 is 0 Å². The summed E-state index contributed by atoms with van der Waals surface area (Å²) in [6.45, 7) is 0. The number of para-hydroxylation sites is 1. The molecule has 0 aliphatic heterocycles. The van der Waals surface area contributed by atoms with Crippen molar-refractivity contribution in [3.63, 3.8) is 0 Å². The molecular weight excluding hydrogens is 216 g/mol. The van der Waals surface area contributed by atoms with Gasteiger partial charge in [-0.15, -0.1) is 0 Å². The second-order valence-electron chi connectivity index (χ2n) is 3.22.